The SMILES string of the molecule is OCC1O[C@@H](O[C@@H]2C(CO)O[C@@H](O[C@@H]3C(CO)O[C@@H](O[C@@H]4C(CO)O[C@@H](O[C@@H]5C(CO)O[C@@H](O)[C@@H](O)C5O)[C@@H](O)C4O)[C@@H](O)C3O)[C@@H](O)C2O)[C@@H](O)C(O)[C@@H]1O. The highest BCUT2D eigenvalue weighted by Gasteiger charge is 2.56. The summed E-state index contributed by atoms with van der Waals surface area (Å²) in [5.74, 6) is 0. The fraction of sp³-hybridized carbons (Fsp3) is 1.00. The van der Waals surface area contributed by atoms with Crippen molar-refractivity contribution in [1.29, 1.82) is 0 Å². The smallest absolute Gasteiger partial charge is 0.187 e. The summed E-state index contributed by atoms with van der Waals surface area (Å²) in [5.41, 5.74) is 0. The van der Waals surface area contributed by atoms with Crippen molar-refractivity contribution < 1.29 is 129 Å². The van der Waals surface area contributed by atoms with Crippen LogP contribution in [0.15, 0.2) is 0 Å². The van der Waals surface area contributed by atoms with Crippen LogP contribution in [0.5, 0.6) is 0 Å². The summed E-state index contributed by atoms with van der Waals surface area (Å²) in [6.45, 7) is -4.51. The number of rotatable bonds is 13. The van der Waals surface area contributed by atoms with E-state index in [1.807, 2.05) is 0 Å². The molecule has 5 saturated heterocycles. The molecule has 25 atom stereocenters. The lowest BCUT2D eigenvalue weighted by atomic mass is 9.95. The van der Waals surface area contributed by atoms with Crippen molar-refractivity contribution in [3.63, 3.8) is 0 Å². The summed E-state index contributed by atoms with van der Waals surface area (Å²) in [5, 5.41) is 176. The van der Waals surface area contributed by atoms with Gasteiger partial charge >= 0.3 is 0 Å². The monoisotopic (exact) mass is 828 g/mol. The Kier molecular flexibility index (Phi) is 16.1. The summed E-state index contributed by atoms with van der Waals surface area (Å²) >= 11 is 0. The summed E-state index contributed by atoms with van der Waals surface area (Å²) in [6.07, 6.45) is -45.8. The van der Waals surface area contributed by atoms with Crippen LogP contribution in [0.1, 0.15) is 0 Å². The maximum Gasteiger partial charge on any atom is 0.187 e. The summed E-state index contributed by atoms with van der Waals surface area (Å²) < 4.78 is 49.1. The Labute approximate surface area is 316 Å². The molecule has 56 heavy (non-hydrogen) atoms. The normalized spacial score (nSPS) is 53.2. The third-order valence-corrected chi connectivity index (χ3v) is 10.3. The molecular weight excluding hydrogens is 776 g/mol. The van der Waals surface area contributed by atoms with Crippen molar-refractivity contribution in [2.45, 2.75) is 154 Å². The van der Waals surface area contributed by atoms with Gasteiger partial charge in [-0.1, -0.05) is 0 Å². The zero-order valence-corrected chi connectivity index (χ0v) is 29.2. The van der Waals surface area contributed by atoms with Crippen molar-refractivity contribution in [3.8, 4) is 0 Å². The number of aliphatic hydroxyl groups is 17. The zero-order valence-electron chi connectivity index (χ0n) is 29.2. The minimum atomic E-state index is -2.12. The standard InChI is InChI=1S/C30H52O26/c31-1-6-11(36)12(37)18(43)27(49-6)54-23-8(3-33)51-29(20(45)14(23)39)56-25-10(5-35)52-30(21(46)16(25)41)55-24-9(4-34)50-28(19(44)15(24)40)53-22-7(2-32)48-26(47)17(42)13(22)38/h6-47H,1-5H2/t6?,7?,8?,9?,10?,11-,12?,13?,14?,15?,16?,17+,18+,19+,20+,21+,22-,23-,24-,25-,26-,27+,28+,29+,30+/m1/s1. The van der Waals surface area contributed by atoms with Crippen LogP contribution in [0.3, 0.4) is 0 Å². The predicted octanol–water partition coefficient (Wildman–Crippen LogP) is -11.9. The minimum Gasteiger partial charge on any atom is -0.394 e. The molecule has 328 valence electrons. The van der Waals surface area contributed by atoms with Gasteiger partial charge in [0.15, 0.2) is 31.5 Å². The number of aliphatic hydroxyl groups excluding tert-OH is 17. The van der Waals surface area contributed by atoms with Gasteiger partial charge in [-0.3, -0.25) is 0 Å². The van der Waals surface area contributed by atoms with Gasteiger partial charge in [0.05, 0.1) is 33.0 Å². The van der Waals surface area contributed by atoms with Crippen LogP contribution >= 0.6 is 0 Å². The molecule has 0 saturated carbocycles. The van der Waals surface area contributed by atoms with E-state index >= 15 is 0 Å². The molecule has 0 aromatic carbocycles. The van der Waals surface area contributed by atoms with E-state index < -0.39 is 187 Å². The molecule has 0 amide bonds. The fourth-order valence-corrected chi connectivity index (χ4v) is 7.03. The van der Waals surface area contributed by atoms with Crippen molar-refractivity contribution >= 4 is 0 Å². The van der Waals surface area contributed by atoms with Crippen molar-refractivity contribution in [3.05, 3.63) is 0 Å². The molecule has 10 unspecified atom stereocenters. The average molecular weight is 829 g/mol. The second-order valence-electron chi connectivity index (χ2n) is 13.9. The first-order chi connectivity index (χ1) is 26.5. The van der Waals surface area contributed by atoms with Gasteiger partial charge in [0.1, 0.15) is 122 Å². The largest absolute Gasteiger partial charge is 0.394 e. The predicted molar refractivity (Wildman–Crippen MR) is 167 cm³/mol. The van der Waals surface area contributed by atoms with E-state index in [4.69, 9.17) is 42.6 Å². The molecule has 0 aliphatic carbocycles. The molecule has 26 nitrogen and oxygen atoms in total. The highest BCUT2D eigenvalue weighted by atomic mass is 16.8. The van der Waals surface area contributed by atoms with Gasteiger partial charge in [0.2, 0.25) is 0 Å². The number of hydrogen-bond acceptors (Lipinski definition) is 26. The van der Waals surface area contributed by atoms with E-state index in [0.717, 1.165) is 0 Å². The van der Waals surface area contributed by atoms with Crippen LogP contribution in [-0.2, 0) is 42.6 Å². The van der Waals surface area contributed by atoms with Crippen molar-refractivity contribution in [1.82, 2.24) is 0 Å². The van der Waals surface area contributed by atoms with E-state index in [-0.39, 0.29) is 0 Å². The molecule has 5 fully saturated rings. The second kappa shape index (κ2) is 19.6. The Morgan fingerprint density at radius 1 is 0.268 bits per heavy atom. The lowest BCUT2D eigenvalue weighted by Crippen LogP contribution is -2.68. The Hall–Kier alpha value is -1.04. The van der Waals surface area contributed by atoms with Crippen LogP contribution in [0.2, 0.25) is 0 Å². The van der Waals surface area contributed by atoms with Crippen LogP contribution < -0.4 is 0 Å². The molecule has 5 aliphatic heterocycles. The van der Waals surface area contributed by atoms with Crippen LogP contribution in [-0.4, -0.2) is 273 Å². The zero-order chi connectivity index (χ0) is 41.3. The second-order valence-corrected chi connectivity index (χ2v) is 13.9. The van der Waals surface area contributed by atoms with Crippen LogP contribution in [0.4, 0.5) is 0 Å². The Balaban J connectivity index is 1.22. The van der Waals surface area contributed by atoms with E-state index in [1.165, 1.54) is 0 Å². The molecular formula is C30H52O26. The highest BCUT2D eigenvalue weighted by molar-refractivity contribution is 4.99. The van der Waals surface area contributed by atoms with Crippen molar-refractivity contribution in [2.75, 3.05) is 33.0 Å². The van der Waals surface area contributed by atoms with Crippen LogP contribution in [0, 0.1) is 0 Å². The molecule has 0 spiro atoms. The molecule has 0 aromatic rings. The minimum absolute atomic E-state index is 0.811. The molecule has 5 aliphatic rings. The molecule has 0 radical (unpaired) electrons. The van der Waals surface area contributed by atoms with Gasteiger partial charge in [0.25, 0.3) is 0 Å². The molecule has 0 aromatic heterocycles. The van der Waals surface area contributed by atoms with E-state index in [2.05, 4.69) is 0 Å². The van der Waals surface area contributed by atoms with E-state index in [0.29, 0.717) is 0 Å². The number of ether oxygens (including phenoxy) is 9. The lowest BCUT2D eigenvalue weighted by molar-refractivity contribution is -0.392. The summed E-state index contributed by atoms with van der Waals surface area (Å²) in [4.78, 5) is 0. The van der Waals surface area contributed by atoms with Gasteiger partial charge in [-0.05, 0) is 0 Å². The van der Waals surface area contributed by atoms with Gasteiger partial charge < -0.3 is 129 Å². The van der Waals surface area contributed by atoms with Crippen LogP contribution in [0.25, 0.3) is 0 Å². The third kappa shape index (κ3) is 9.16. The third-order valence-electron chi connectivity index (χ3n) is 10.3. The molecule has 17 N–H and O–H groups in total. The maximum absolute atomic E-state index is 11.1. The highest BCUT2D eigenvalue weighted by Crippen LogP contribution is 2.35. The summed E-state index contributed by atoms with van der Waals surface area (Å²) in [7, 11) is 0. The lowest BCUT2D eigenvalue weighted by Gasteiger charge is -2.49. The first-order valence-electron chi connectivity index (χ1n) is 17.6. The number of hydrogen-bond donors (Lipinski definition) is 17. The van der Waals surface area contributed by atoms with Gasteiger partial charge in [-0.15, -0.1) is 0 Å². The summed E-state index contributed by atoms with van der Waals surface area (Å²) in [6, 6.07) is 0. The molecule has 5 heterocycles. The van der Waals surface area contributed by atoms with Crippen molar-refractivity contribution in [2.24, 2.45) is 0 Å². The quantitative estimate of drug-likeness (QED) is 0.0819. The first kappa shape index (κ1) is 46.0. The fourth-order valence-electron chi connectivity index (χ4n) is 7.03. The topological polar surface area (TPSA) is 427 Å². The molecule has 26 heteroatoms. The average Bonchev–Trinajstić information content (AvgIpc) is 3.19. The van der Waals surface area contributed by atoms with E-state index in [1.54, 1.807) is 0 Å². The van der Waals surface area contributed by atoms with E-state index in [9.17, 15) is 86.8 Å². The Bertz CT molecular complexity index is 1200. The first-order valence-corrected chi connectivity index (χ1v) is 17.6. The van der Waals surface area contributed by atoms with Gasteiger partial charge in [-0.2, -0.15) is 0 Å². The maximum atomic E-state index is 11.1. The Morgan fingerprint density at radius 3 is 0.821 bits per heavy atom. The van der Waals surface area contributed by atoms with Gasteiger partial charge in [-0.25, -0.2) is 0 Å². The molecule has 0 bridgehead atoms. The Morgan fingerprint density at radius 2 is 0.518 bits per heavy atom. The molecule has 5 rings (SSSR count). The van der Waals surface area contributed by atoms with Gasteiger partial charge in [0, 0.05) is 0 Å².